The lowest BCUT2D eigenvalue weighted by Crippen LogP contribution is -2.26. The topological polar surface area (TPSA) is 152 Å². The van der Waals surface area contributed by atoms with Gasteiger partial charge in [-0.25, -0.2) is 9.59 Å². The Morgan fingerprint density at radius 3 is 2.50 bits per heavy atom. The van der Waals surface area contributed by atoms with Crippen LogP contribution in [0.3, 0.4) is 0 Å². The fourth-order valence-electron chi connectivity index (χ4n) is 5.56. The molecule has 4 aromatic rings. The van der Waals surface area contributed by atoms with Crippen LogP contribution in [0.4, 0.5) is 4.79 Å². The first-order valence-corrected chi connectivity index (χ1v) is 15.3. The summed E-state index contributed by atoms with van der Waals surface area (Å²) < 4.78 is 23.9. The highest BCUT2D eigenvalue weighted by Crippen LogP contribution is 2.30. The van der Waals surface area contributed by atoms with Gasteiger partial charge >= 0.3 is 12.1 Å². The van der Waals surface area contributed by atoms with Crippen LogP contribution < -0.4 is 16.0 Å². The van der Waals surface area contributed by atoms with Gasteiger partial charge in [-0.05, 0) is 61.4 Å². The summed E-state index contributed by atoms with van der Waals surface area (Å²) in [6.07, 6.45) is 2.61. The van der Waals surface area contributed by atoms with Crippen LogP contribution >= 0.6 is 0 Å². The Bertz CT molecular complexity index is 1710. The second kappa shape index (κ2) is 15.1. The Labute approximate surface area is 267 Å². The van der Waals surface area contributed by atoms with Crippen LogP contribution in [0.15, 0.2) is 83.8 Å². The van der Waals surface area contributed by atoms with Crippen molar-refractivity contribution in [3.8, 4) is 17.1 Å². The van der Waals surface area contributed by atoms with Gasteiger partial charge in [-0.1, -0.05) is 78.0 Å². The maximum Gasteiger partial charge on any atom is 0.511 e. The number of hydrogen-bond donors (Lipinski definition) is 2. The standard InChI is InChI=1S/C34H38N6O6/c1-4-43-33-36-30-16-10-15-29(32(41)44-23(3)45-34(42)46-26-11-6-5-7-12-26)31(30)40(33)21-24-17-19-25(20-18-24)28-14-9-8-13-27(28)22(2)37-39-38-35/h8-10,13-20,23,26H,2,4-7,11-12,21H2,1,3H3,(H2,35,39)(H,37,38). The van der Waals surface area contributed by atoms with Crippen LogP contribution in [-0.2, 0) is 20.8 Å². The number of nitrogens with zero attached hydrogens (tertiary/aromatic N) is 4. The van der Waals surface area contributed by atoms with Crippen LogP contribution in [0.2, 0.25) is 0 Å². The molecule has 1 atom stereocenters. The van der Waals surface area contributed by atoms with Gasteiger partial charge in [0.1, 0.15) is 6.10 Å². The fourth-order valence-corrected chi connectivity index (χ4v) is 5.56. The van der Waals surface area contributed by atoms with Crippen molar-refractivity contribution in [2.24, 2.45) is 16.3 Å². The number of rotatable bonds is 12. The van der Waals surface area contributed by atoms with Crippen molar-refractivity contribution in [3.63, 3.8) is 0 Å². The van der Waals surface area contributed by atoms with E-state index >= 15 is 0 Å². The summed E-state index contributed by atoms with van der Waals surface area (Å²) in [5.74, 6) is 4.46. The summed E-state index contributed by atoms with van der Waals surface area (Å²) in [6.45, 7) is 8.14. The van der Waals surface area contributed by atoms with Gasteiger partial charge in [0.15, 0.2) is 0 Å². The minimum absolute atomic E-state index is 0.168. The van der Waals surface area contributed by atoms with Gasteiger partial charge in [-0.15, -0.1) is 0 Å². The van der Waals surface area contributed by atoms with Gasteiger partial charge in [-0.2, -0.15) is 4.98 Å². The molecule has 12 nitrogen and oxygen atoms in total. The Balaban J connectivity index is 1.36. The van der Waals surface area contributed by atoms with E-state index in [0.717, 1.165) is 54.4 Å². The Hall–Kier alpha value is -5.39. The van der Waals surface area contributed by atoms with E-state index in [1.807, 2.05) is 60.0 Å². The van der Waals surface area contributed by atoms with E-state index in [1.54, 1.807) is 18.2 Å². The maximum atomic E-state index is 13.4. The predicted molar refractivity (Wildman–Crippen MR) is 172 cm³/mol. The number of carbonyl (C=O) groups excluding carboxylic acids is 2. The van der Waals surface area contributed by atoms with E-state index in [-0.39, 0.29) is 11.7 Å². The normalized spacial score (nSPS) is 14.1. The first-order valence-electron chi connectivity index (χ1n) is 15.3. The summed E-state index contributed by atoms with van der Waals surface area (Å²) in [5.41, 5.74) is 8.37. The van der Waals surface area contributed by atoms with Crippen molar-refractivity contribution in [2.75, 3.05) is 6.61 Å². The molecule has 0 bridgehead atoms. The van der Waals surface area contributed by atoms with Gasteiger partial charge in [0, 0.05) is 12.5 Å². The second-order valence-electron chi connectivity index (χ2n) is 10.9. The number of aromatic nitrogens is 2. The van der Waals surface area contributed by atoms with Crippen LogP contribution in [0, 0.1) is 0 Å². The predicted octanol–water partition coefficient (Wildman–Crippen LogP) is 6.94. The summed E-state index contributed by atoms with van der Waals surface area (Å²) in [7, 11) is 0. The Morgan fingerprint density at radius 1 is 1.02 bits per heavy atom. The number of hydrogen-bond acceptors (Lipinski definition) is 9. The molecule has 1 heterocycles. The molecule has 1 aromatic heterocycles. The average molecular weight is 627 g/mol. The number of ether oxygens (including phenoxy) is 4. The highest BCUT2D eigenvalue weighted by atomic mass is 16.8. The molecule has 0 radical (unpaired) electrons. The Kier molecular flexibility index (Phi) is 10.5. The number of nitrogens with one attached hydrogen (secondary N) is 1. The van der Waals surface area contributed by atoms with Crippen molar-refractivity contribution >= 4 is 28.9 Å². The van der Waals surface area contributed by atoms with E-state index in [0.29, 0.717) is 35.9 Å². The van der Waals surface area contributed by atoms with E-state index in [2.05, 4.69) is 27.4 Å². The van der Waals surface area contributed by atoms with Crippen molar-refractivity contribution in [3.05, 3.63) is 90.0 Å². The van der Waals surface area contributed by atoms with Gasteiger partial charge in [0.25, 0.3) is 6.01 Å². The molecular weight excluding hydrogens is 588 g/mol. The highest BCUT2D eigenvalue weighted by molar-refractivity contribution is 6.02. The molecule has 0 spiro atoms. The van der Waals surface area contributed by atoms with Gasteiger partial charge in [-0.3, -0.25) is 9.99 Å². The smallest absolute Gasteiger partial charge is 0.465 e. The lowest BCUT2D eigenvalue weighted by molar-refractivity contribution is -0.0914. The molecule has 12 heteroatoms. The Morgan fingerprint density at radius 2 is 1.76 bits per heavy atom. The third-order valence-corrected chi connectivity index (χ3v) is 7.68. The summed E-state index contributed by atoms with van der Waals surface area (Å²) in [5, 5.41) is 6.86. The first kappa shape index (κ1) is 32.0. The molecular formula is C34H38N6O6. The lowest BCUT2D eigenvalue weighted by atomic mass is 9.97. The second-order valence-corrected chi connectivity index (χ2v) is 10.9. The third-order valence-electron chi connectivity index (χ3n) is 7.68. The van der Waals surface area contributed by atoms with Gasteiger partial charge < -0.3 is 24.8 Å². The monoisotopic (exact) mass is 626 g/mol. The van der Waals surface area contributed by atoms with Crippen LogP contribution in [-0.4, -0.2) is 40.7 Å². The largest absolute Gasteiger partial charge is 0.511 e. The molecule has 1 saturated carbocycles. The number of benzene rings is 3. The van der Waals surface area contributed by atoms with E-state index in [1.165, 1.54) is 6.92 Å². The average Bonchev–Trinajstić information content (AvgIpc) is 3.41. The summed E-state index contributed by atoms with van der Waals surface area (Å²) in [6, 6.07) is 21.3. The molecule has 0 aliphatic heterocycles. The highest BCUT2D eigenvalue weighted by Gasteiger charge is 2.25. The van der Waals surface area contributed by atoms with E-state index < -0.39 is 18.4 Å². The molecule has 1 fully saturated rings. The SMILES string of the molecule is C=C(N/N=N\N)c1ccccc1-c1ccc(Cn2c(OCC)nc3cccc(C(=O)OC(C)OC(=O)OC4CCCCC4)c32)cc1. The van der Waals surface area contributed by atoms with Crippen molar-refractivity contribution in [2.45, 2.75) is 64.9 Å². The van der Waals surface area contributed by atoms with E-state index in [4.69, 9.17) is 24.8 Å². The molecule has 5 rings (SSSR count). The van der Waals surface area contributed by atoms with Gasteiger partial charge in [0.2, 0.25) is 6.29 Å². The number of nitrogens with two attached hydrogens (primary N) is 1. The van der Waals surface area contributed by atoms with E-state index in [9.17, 15) is 9.59 Å². The molecule has 1 aliphatic carbocycles. The summed E-state index contributed by atoms with van der Waals surface area (Å²) in [4.78, 5) is 30.3. The zero-order chi connectivity index (χ0) is 32.5. The number of para-hydroxylation sites is 1. The number of esters is 1. The zero-order valence-corrected chi connectivity index (χ0v) is 26.0. The molecule has 0 amide bonds. The maximum absolute atomic E-state index is 13.4. The molecule has 1 unspecified atom stereocenters. The molecule has 3 N–H and O–H groups in total. The van der Waals surface area contributed by atoms with Crippen molar-refractivity contribution < 1.29 is 28.5 Å². The van der Waals surface area contributed by atoms with Crippen LogP contribution in [0.25, 0.3) is 27.9 Å². The summed E-state index contributed by atoms with van der Waals surface area (Å²) >= 11 is 0. The minimum Gasteiger partial charge on any atom is -0.465 e. The number of carbonyl (C=O) groups is 2. The number of imidazole rings is 1. The first-order chi connectivity index (χ1) is 22.4. The molecule has 3 aromatic carbocycles. The zero-order valence-electron chi connectivity index (χ0n) is 26.0. The molecule has 0 saturated heterocycles. The van der Waals surface area contributed by atoms with Crippen LogP contribution in [0.5, 0.6) is 6.01 Å². The molecule has 240 valence electrons. The minimum atomic E-state index is -1.15. The van der Waals surface area contributed by atoms with Crippen LogP contribution in [0.1, 0.15) is 67.4 Å². The molecule has 1 aliphatic rings. The van der Waals surface area contributed by atoms with Crippen molar-refractivity contribution in [1.82, 2.24) is 15.0 Å². The lowest BCUT2D eigenvalue weighted by Gasteiger charge is -2.22. The van der Waals surface area contributed by atoms with Gasteiger partial charge in [0.05, 0.1) is 35.4 Å². The fraction of sp³-hybridized carbons (Fsp3) is 0.324. The third kappa shape index (κ3) is 7.63. The molecule has 46 heavy (non-hydrogen) atoms. The van der Waals surface area contributed by atoms with Crippen molar-refractivity contribution in [1.29, 1.82) is 0 Å². The quantitative estimate of drug-likeness (QED) is 0.0560. The number of fused-ring (bicyclic) bond motifs is 1.